The number of carbonyl (C=O) groups excluding carboxylic acids is 1. The van der Waals surface area contributed by atoms with E-state index >= 15 is 0 Å². The van der Waals surface area contributed by atoms with Crippen molar-refractivity contribution >= 4 is 5.91 Å². The molecule has 2 aromatic carbocycles. The van der Waals surface area contributed by atoms with E-state index < -0.39 is 0 Å². The van der Waals surface area contributed by atoms with Gasteiger partial charge in [0.1, 0.15) is 5.82 Å². The molecule has 1 amide bonds. The van der Waals surface area contributed by atoms with Crippen LogP contribution in [0.2, 0.25) is 0 Å². The van der Waals surface area contributed by atoms with Crippen LogP contribution in [0, 0.1) is 11.7 Å². The Morgan fingerprint density at radius 3 is 2.36 bits per heavy atom. The Balaban J connectivity index is 2.09. The number of hydrazine groups is 1. The summed E-state index contributed by atoms with van der Waals surface area (Å²) < 4.78 is 13.1. The van der Waals surface area contributed by atoms with Gasteiger partial charge in [-0.2, -0.15) is 0 Å². The smallest absolute Gasteiger partial charge is 0.265 e. The van der Waals surface area contributed by atoms with E-state index in [2.05, 4.69) is 17.4 Å². The lowest BCUT2D eigenvalue weighted by Gasteiger charge is -2.23. The van der Waals surface area contributed by atoms with Crippen LogP contribution in [0.4, 0.5) is 4.39 Å². The first-order valence-electron chi connectivity index (χ1n) is 7.10. The highest BCUT2D eigenvalue weighted by atomic mass is 19.1. The van der Waals surface area contributed by atoms with E-state index in [0.29, 0.717) is 5.56 Å². The zero-order chi connectivity index (χ0) is 15.9. The second-order valence-corrected chi connectivity index (χ2v) is 5.09. The molecule has 22 heavy (non-hydrogen) atoms. The van der Waals surface area contributed by atoms with Crippen molar-refractivity contribution < 1.29 is 9.18 Å². The third kappa shape index (κ3) is 4.02. The Morgan fingerprint density at radius 1 is 1.14 bits per heavy atom. The molecule has 2 unspecified atom stereocenters. The van der Waals surface area contributed by atoms with Crippen LogP contribution in [0.25, 0.3) is 0 Å². The fraction of sp³-hybridized carbons (Fsp3) is 0.167. The SMILES string of the molecule is C=CC(C)C(NNC(=O)c1ccccc1)c1ccc(F)cc1. The number of carbonyl (C=O) groups is 1. The maximum absolute atomic E-state index is 13.1. The monoisotopic (exact) mass is 298 g/mol. The first-order valence-corrected chi connectivity index (χ1v) is 7.10. The van der Waals surface area contributed by atoms with Gasteiger partial charge in [0.05, 0.1) is 6.04 Å². The number of halogens is 1. The fourth-order valence-corrected chi connectivity index (χ4v) is 2.13. The van der Waals surface area contributed by atoms with Gasteiger partial charge in [-0.05, 0) is 35.7 Å². The topological polar surface area (TPSA) is 41.1 Å². The maximum atomic E-state index is 13.1. The van der Waals surface area contributed by atoms with E-state index in [1.807, 2.05) is 13.0 Å². The summed E-state index contributed by atoms with van der Waals surface area (Å²) in [6.45, 7) is 5.76. The van der Waals surface area contributed by atoms with Gasteiger partial charge in [-0.25, -0.2) is 9.82 Å². The first kappa shape index (κ1) is 15.9. The van der Waals surface area contributed by atoms with Gasteiger partial charge in [-0.1, -0.05) is 43.3 Å². The number of hydrogen-bond acceptors (Lipinski definition) is 2. The highest BCUT2D eigenvalue weighted by Crippen LogP contribution is 2.22. The lowest BCUT2D eigenvalue weighted by Crippen LogP contribution is -2.42. The quantitative estimate of drug-likeness (QED) is 0.631. The minimum atomic E-state index is -0.290. The van der Waals surface area contributed by atoms with Gasteiger partial charge in [0.15, 0.2) is 0 Å². The normalized spacial score (nSPS) is 13.2. The second kappa shape index (κ2) is 7.52. The molecule has 0 spiro atoms. The summed E-state index contributed by atoms with van der Waals surface area (Å²) in [5.41, 5.74) is 7.15. The van der Waals surface area contributed by atoms with Gasteiger partial charge in [-0.15, -0.1) is 6.58 Å². The minimum Gasteiger partial charge on any atom is -0.287 e. The Bertz CT molecular complexity index is 625. The van der Waals surface area contributed by atoms with E-state index in [1.54, 1.807) is 42.5 Å². The van der Waals surface area contributed by atoms with Gasteiger partial charge in [-0.3, -0.25) is 10.2 Å². The molecule has 4 heteroatoms. The number of hydrogen-bond donors (Lipinski definition) is 2. The van der Waals surface area contributed by atoms with Gasteiger partial charge < -0.3 is 0 Å². The molecular weight excluding hydrogens is 279 g/mol. The molecule has 0 radical (unpaired) electrons. The molecule has 0 aliphatic heterocycles. The van der Waals surface area contributed by atoms with E-state index in [1.165, 1.54) is 12.1 Å². The summed E-state index contributed by atoms with van der Waals surface area (Å²) in [6.07, 6.45) is 1.79. The summed E-state index contributed by atoms with van der Waals surface area (Å²) in [5.74, 6) is -0.451. The largest absolute Gasteiger partial charge is 0.287 e. The van der Waals surface area contributed by atoms with Crippen molar-refractivity contribution in [3.05, 3.63) is 84.2 Å². The van der Waals surface area contributed by atoms with Crippen LogP contribution in [-0.2, 0) is 0 Å². The van der Waals surface area contributed by atoms with Crippen LogP contribution >= 0.6 is 0 Å². The molecule has 0 bridgehead atoms. The molecule has 0 aliphatic carbocycles. The molecule has 3 nitrogen and oxygen atoms in total. The molecule has 0 saturated heterocycles. The predicted molar refractivity (Wildman–Crippen MR) is 85.5 cm³/mol. The molecule has 0 saturated carbocycles. The molecule has 0 heterocycles. The summed E-state index contributed by atoms with van der Waals surface area (Å²) in [5, 5.41) is 0. The Labute approximate surface area is 129 Å². The van der Waals surface area contributed by atoms with E-state index in [0.717, 1.165) is 5.56 Å². The average Bonchev–Trinajstić information content (AvgIpc) is 2.56. The van der Waals surface area contributed by atoms with E-state index in [9.17, 15) is 9.18 Å². The fourth-order valence-electron chi connectivity index (χ4n) is 2.13. The Hall–Kier alpha value is -2.46. The van der Waals surface area contributed by atoms with Crippen LogP contribution in [0.15, 0.2) is 67.3 Å². The van der Waals surface area contributed by atoms with E-state index in [4.69, 9.17) is 0 Å². The highest BCUT2D eigenvalue weighted by molar-refractivity contribution is 5.93. The average molecular weight is 298 g/mol. The highest BCUT2D eigenvalue weighted by Gasteiger charge is 2.18. The number of nitrogens with one attached hydrogen (secondary N) is 2. The van der Waals surface area contributed by atoms with Gasteiger partial charge in [0.2, 0.25) is 0 Å². The van der Waals surface area contributed by atoms with Crippen molar-refractivity contribution in [2.45, 2.75) is 13.0 Å². The van der Waals surface area contributed by atoms with Crippen molar-refractivity contribution in [1.29, 1.82) is 0 Å². The van der Waals surface area contributed by atoms with Gasteiger partial charge in [0.25, 0.3) is 5.91 Å². The lowest BCUT2D eigenvalue weighted by molar-refractivity contribution is 0.0921. The van der Waals surface area contributed by atoms with Crippen molar-refractivity contribution in [3.8, 4) is 0 Å². The summed E-state index contributed by atoms with van der Waals surface area (Å²) >= 11 is 0. The van der Waals surface area contributed by atoms with Gasteiger partial charge in [0, 0.05) is 5.56 Å². The van der Waals surface area contributed by atoms with Crippen LogP contribution in [0.1, 0.15) is 28.9 Å². The molecular formula is C18H19FN2O. The van der Waals surface area contributed by atoms with Crippen molar-refractivity contribution in [3.63, 3.8) is 0 Å². The van der Waals surface area contributed by atoms with Crippen LogP contribution in [-0.4, -0.2) is 5.91 Å². The molecule has 114 valence electrons. The predicted octanol–water partition coefficient (Wildman–Crippen LogP) is 3.62. The maximum Gasteiger partial charge on any atom is 0.265 e. The van der Waals surface area contributed by atoms with E-state index in [-0.39, 0.29) is 23.7 Å². The van der Waals surface area contributed by atoms with Crippen molar-refractivity contribution in [1.82, 2.24) is 10.9 Å². The third-order valence-electron chi connectivity index (χ3n) is 3.50. The molecule has 0 aromatic heterocycles. The van der Waals surface area contributed by atoms with Crippen LogP contribution in [0.3, 0.4) is 0 Å². The zero-order valence-corrected chi connectivity index (χ0v) is 12.4. The summed E-state index contributed by atoms with van der Waals surface area (Å²) in [7, 11) is 0. The molecule has 0 fully saturated rings. The second-order valence-electron chi connectivity index (χ2n) is 5.09. The number of rotatable bonds is 6. The first-order chi connectivity index (χ1) is 10.6. The van der Waals surface area contributed by atoms with Gasteiger partial charge >= 0.3 is 0 Å². The Morgan fingerprint density at radius 2 is 1.77 bits per heavy atom. The van der Waals surface area contributed by atoms with Crippen LogP contribution in [0.5, 0.6) is 0 Å². The lowest BCUT2D eigenvalue weighted by atomic mass is 9.95. The molecule has 0 aliphatic rings. The third-order valence-corrected chi connectivity index (χ3v) is 3.50. The van der Waals surface area contributed by atoms with Crippen LogP contribution < -0.4 is 10.9 Å². The summed E-state index contributed by atoms with van der Waals surface area (Å²) in [4.78, 5) is 12.1. The molecule has 2 atom stereocenters. The van der Waals surface area contributed by atoms with Crippen molar-refractivity contribution in [2.75, 3.05) is 0 Å². The Kier molecular flexibility index (Phi) is 5.44. The number of benzene rings is 2. The molecule has 2 aromatic rings. The number of amides is 1. The standard InChI is InChI=1S/C18H19FN2O/c1-3-13(2)17(14-9-11-16(19)12-10-14)20-21-18(22)15-7-5-4-6-8-15/h3-13,17,20H,1H2,2H3,(H,21,22). The minimum absolute atomic E-state index is 0.0570. The summed E-state index contributed by atoms with van der Waals surface area (Å²) in [6, 6.07) is 14.9. The molecule has 2 N–H and O–H groups in total. The molecule has 2 rings (SSSR count). The zero-order valence-electron chi connectivity index (χ0n) is 12.4. The van der Waals surface area contributed by atoms with Crippen molar-refractivity contribution in [2.24, 2.45) is 5.92 Å².